The van der Waals surface area contributed by atoms with Crippen LogP contribution in [0.3, 0.4) is 0 Å². The van der Waals surface area contributed by atoms with E-state index in [0.717, 1.165) is 30.2 Å². The van der Waals surface area contributed by atoms with Crippen molar-refractivity contribution in [2.45, 2.75) is 82.4 Å². The van der Waals surface area contributed by atoms with Crippen LogP contribution in [0.5, 0.6) is 0 Å². The number of hydrogen-bond acceptors (Lipinski definition) is 7. The van der Waals surface area contributed by atoms with Crippen LogP contribution in [0.1, 0.15) is 85.6 Å². The fourth-order valence-corrected chi connectivity index (χ4v) is 6.62. The zero-order valence-corrected chi connectivity index (χ0v) is 23.9. The first-order valence-corrected chi connectivity index (χ1v) is 15.6. The van der Waals surface area contributed by atoms with Crippen molar-refractivity contribution < 1.29 is 23.1 Å². The molecule has 4 rings (SSSR count). The molecule has 2 aromatic rings. The summed E-state index contributed by atoms with van der Waals surface area (Å²) in [5.41, 5.74) is 7.78. The van der Waals surface area contributed by atoms with Crippen molar-refractivity contribution in [3.63, 3.8) is 0 Å². The molecule has 1 aliphatic heterocycles. The molecule has 4 atom stereocenters. The molecule has 5 N–H and O–H groups in total. The Bertz CT molecular complexity index is 1340. The minimum atomic E-state index is -3.32. The van der Waals surface area contributed by atoms with Crippen molar-refractivity contribution >= 4 is 21.7 Å². The number of nitrogens with two attached hydrogens (primary N) is 1. The molecule has 0 spiro atoms. The Morgan fingerprint density at radius 2 is 1.87 bits per heavy atom. The van der Waals surface area contributed by atoms with E-state index >= 15 is 0 Å². The van der Waals surface area contributed by atoms with E-state index in [9.17, 15) is 23.1 Å². The van der Waals surface area contributed by atoms with Gasteiger partial charge in [-0.05, 0) is 55.0 Å². The van der Waals surface area contributed by atoms with Gasteiger partial charge in [-0.25, -0.2) is 8.42 Å². The second-order valence-corrected chi connectivity index (χ2v) is 13.5. The van der Waals surface area contributed by atoms with Gasteiger partial charge >= 0.3 is 0 Å². The fraction of sp³-hybridized carbons (Fsp3) is 0.517. The second kappa shape index (κ2) is 11.0. The van der Waals surface area contributed by atoms with Gasteiger partial charge in [-0.2, -0.15) is 0 Å². The summed E-state index contributed by atoms with van der Waals surface area (Å²) in [5, 5.41) is 17.4. The molecule has 1 heterocycles. The largest absolute Gasteiger partial charge is 0.387 e. The lowest BCUT2D eigenvalue weighted by molar-refractivity contribution is -0.145. The Balaban J connectivity index is 1.64. The van der Waals surface area contributed by atoms with Gasteiger partial charge in [-0.3, -0.25) is 20.6 Å². The van der Waals surface area contributed by atoms with Crippen LogP contribution in [0.2, 0.25) is 0 Å². The van der Waals surface area contributed by atoms with E-state index in [2.05, 4.69) is 10.6 Å². The maximum atomic E-state index is 13.5. The van der Waals surface area contributed by atoms with Gasteiger partial charge in [0.25, 0.3) is 5.91 Å². The Hall–Kier alpha value is -2.79. The van der Waals surface area contributed by atoms with Gasteiger partial charge in [0.05, 0.1) is 23.4 Å². The van der Waals surface area contributed by atoms with Gasteiger partial charge in [0, 0.05) is 30.2 Å². The number of rotatable bonds is 9. The molecule has 10 heteroatoms. The van der Waals surface area contributed by atoms with E-state index in [0.29, 0.717) is 17.5 Å². The molecule has 9 nitrogen and oxygen atoms in total. The molecule has 0 bridgehead atoms. The molecule has 0 aromatic heterocycles. The lowest BCUT2D eigenvalue weighted by Crippen LogP contribution is -2.68. The SMILES string of the molecule is CCC1(CC)CC(=O)N(C(CCS(C)(=O)=O)c2cccc(C(=O)N[C@@H]3c4ccccc4C[C@]3(C)O)c2)C(N)N1. The van der Waals surface area contributed by atoms with Crippen LogP contribution in [-0.2, 0) is 21.1 Å². The quantitative estimate of drug-likeness (QED) is 0.372. The molecule has 1 saturated heterocycles. The van der Waals surface area contributed by atoms with E-state index in [1.165, 1.54) is 4.90 Å². The molecule has 39 heavy (non-hydrogen) atoms. The number of carbonyl (C=O) groups is 2. The summed E-state index contributed by atoms with van der Waals surface area (Å²) in [5.74, 6) is -0.667. The number of fused-ring (bicyclic) bond motifs is 1. The Morgan fingerprint density at radius 1 is 1.18 bits per heavy atom. The molecule has 2 aliphatic rings. The van der Waals surface area contributed by atoms with Gasteiger partial charge in [0.2, 0.25) is 5.91 Å². The van der Waals surface area contributed by atoms with Crippen LogP contribution < -0.4 is 16.4 Å². The minimum absolute atomic E-state index is 0.140. The number of carbonyl (C=O) groups excluding carboxylic acids is 2. The van der Waals surface area contributed by atoms with Crippen LogP contribution >= 0.6 is 0 Å². The molecule has 2 amide bonds. The standard InChI is InChI=1S/C29H40N4O5S/c1-5-29(6-2)18-24(34)33(27(30)32-29)23(14-15-39(4,37)38)19-11-9-12-20(16-19)26(35)31-25-22-13-8-7-10-21(22)17-28(25,3)36/h7-13,16,23,25,27,32,36H,5-6,14-15,17-18,30H2,1-4H3,(H,31,35)/t23?,25-,27?,28+/m1/s1. The highest BCUT2D eigenvalue weighted by Gasteiger charge is 2.44. The molecular weight excluding hydrogens is 516 g/mol. The summed E-state index contributed by atoms with van der Waals surface area (Å²) < 4.78 is 24.2. The summed E-state index contributed by atoms with van der Waals surface area (Å²) in [7, 11) is -3.32. The van der Waals surface area contributed by atoms with Crippen molar-refractivity contribution in [2.75, 3.05) is 12.0 Å². The number of aliphatic hydroxyl groups is 1. The molecule has 2 unspecified atom stereocenters. The summed E-state index contributed by atoms with van der Waals surface area (Å²) in [4.78, 5) is 28.4. The predicted octanol–water partition coefficient (Wildman–Crippen LogP) is 2.56. The molecule has 1 fully saturated rings. The average molecular weight is 557 g/mol. The van der Waals surface area contributed by atoms with E-state index in [1.54, 1.807) is 31.2 Å². The third-order valence-corrected chi connectivity index (χ3v) is 9.31. The highest BCUT2D eigenvalue weighted by atomic mass is 32.2. The van der Waals surface area contributed by atoms with Gasteiger partial charge < -0.3 is 15.3 Å². The van der Waals surface area contributed by atoms with Crippen LogP contribution in [0.4, 0.5) is 0 Å². The van der Waals surface area contributed by atoms with E-state index in [-0.39, 0.29) is 30.4 Å². The molecule has 212 valence electrons. The van der Waals surface area contributed by atoms with Crippen molar-refractivity contribution in [3.05, 3.63) is 70.8 Å². The van der Waals surface area contributed by atoms with E-state index in [1.807, 2.05) is 38.1 Å². The van der Waals surface area contributed by atoms with Gasteiger partial charge in [0.1, 0.15) is 16.1 Å². The van der Waals surface area contributed by atoms with E-state index in [4.69, 9.17) is 5.73 Å². The van der Waals surface area contributed by atoms with Gasteiger partial charge in [-0.1, -0.05) is 50.2 Å². The highest BCUT2D eigenvalue weighted by Crippen LogP contribution is 2.39. The van der Waals surface area contributed by atoms with Crippen molar-refractivity contribution in [2.24, 2.45) is 5.73 Å². The van der Waals surface area contributed by atoms with Crippen molar-refractivity contribution in [1.29, 1.82) is 0 Å². The molecule has 0 saturated carbocycles. The predicted molar refractivity (Wildman–Crippen MR) is 150 cm³/mol. The topological polar surface area (TPSA) is 142 Å². The Morgan fingerprint density at radius 3 is 2.51 bits per heavy atom. The van der Waals surface area contributed by atoms with Crippen molar-refractivity contribution in [3.8, 4) is 0 Å². The minimum Gasteiger partial charge on any atom is -0.387 e. The normalized spacial score (nSPS) is 25.3. The van der Waals surface area contributed by atoms with Crippen LogP contribution in [0.25, 0.3) is 0 Å². The number of sulfone groups is 1. The van der Waals surface area contributed by atoms with Crippen LogP contribution in [-0.4, -0.2) is 59.7 Å². The van der Waals surface area contributed by atoms with Crippen molar-refractivity contribution in [1.82, 2.24) is 15.5 Å². The Kier molecular flexibility index (Phi) is 8.23. The lowest BCUT2D eigenvalue weighted by atomic mass is 9.85. The van der Waals surface area contributed by atoms with Crippen LogP contribution in [0, 0.1) is 0 Å². The molecular formula is C29H40N4O5S. The second-order valence-electron chi connectivity index (χ2n) is 11.3. The van der Waals surface area contributed by atoms with E-state index < -0.39 is 39.4 Å². The maximum Gasteiger partial charge on any atom is 0.251 e. The molecule has 0 radical (unpaired) electrons. The number of benzene rings is 2. The van der Waals surface area contributed by atoms with Crippen LogP contribution in [0.15, 0.2) is 48.5 Å². The summed E-state index contributed by atoms with van der Waals surface area (Å²) >= 11 is 0. The average Bonchev–Trinajstić information content (AvgIpc) is 3.13. The summed E-state index contributed by atoms with van der Waals surface area (Å²) in [6.45, 7) is 5.73. The first-order chi connectivity index (χ1) is 18.3. The number of nitrogens with one attached hydrogen (secondary N) is 2. The third-order valence-electron chi connectivity index (χ3n) is 8.33. The number of nitrogens with zero attached hydrogens (tertiary/aromatic N) is 1. The first kappa shape index (κ1) is 29.2. The monoisotopic (exact) mass is 556 g/mol. The zero-order valence-electron chi connectivity index (χ0n) is 23.1. The summed E-state index contributed by atoms with van der Waals surface area (Å²) in [6.07, 6.45) is 2.64. The molecule has 1 aliphatic carbocycles. The maximum absolute atomic E-state index is 13.5. The number of amides is 2. The Labute approximate surface area is 231 Å². The fourth-order valence-electron chi connectivity index (χ4n) is 5.97. The lowest BCUT2D eigenvalue weighted by Gasteiger charge is -2.48. The van der Waals surface area contributed by atoms with Gasteiger partial charge in [0.15, 0.2) is 0 Å². The number of hydrogen-bond donors (Lipinski definition) is 4. The molecule has 2 aromatic carbocycles. The zero-order chi connectivity index (χ0) is 28.6. The third kappa shape index (κ3) is 6.19. The van der Waals surface area contributed by atoms with Gasteiger partial charge in [-0.15, -0.1) is 0 Å². The highest BCUT2D eigenvalue weighted by molar-refractivity contribution is 7.90. The summed E-state index contributed by atoms with van der Waals surface area (Å²) in [6, 6.07) is 13.3. The smallest absolute Gasteiger partial charge is 0.251 e. The first-order valence-electron chi connectivity index (χ1n) is 13.5.